The van der Waals surface area contributed by atoms with Crippen LogP contribution < -0.4 is 5.73 Å². The first-order valence-corrected chi connectivity index (χ1v) is 3.28. The predicted molar refractivity (Wildman–Crippen MR) is 56.1 cm³/mol. The smallest absolute Gasteiger partial charge is 0.126 e. The van der Waals surface area contributed by atoms with Crippen molar-refractivity contribution in [3.05, 3.63) is 35.6 Å². The number of nitrogens with two attached hydrogens (primary N) is 1. The highest BCUT2D eigenvalue weighted by Crippen LogP contribution is 2.05. The molecule has 2 heteroatoms. The Morgan fingerprint density at radius 3 is 2.80 bits per heavy atom. The van der Waals surface area contributed by atoms with Crippen molar-refractivity contribution in [1.82, 2.24) is 0 Å². The Balaban J connectivity index is -0.0000000275. The minimum atomic E-state index is -0.159. The summed E-state index contributed by atoms with van der Waals surface area (Å²) in [4.78, 5) is 0. The van der Waals surface area contributed by atoms with E-state index in [1.165, 1.54) is 6.07 Å². The van der Waals surface area contributed by atoms with Gasteiger partial charge in [0.25, 0.3) is 0 Å². The Morgan fingerprint density at radius 2 is 2.20 bits per heavy atom. The van der Waals surface area contributed by atoms with Crippen molar-refractivity contribution >= 4 is 0 Å². The minimum Gasteiger partial charge on any atom is -0.330 e. The first kappa shape index (κ1) is 2.31. The van der Waals surface area contributed by atoms with Gasteiger partial charge in [-0.25, -0.2) is 4.39 Å². The quantitative estimate of drug-likeness (QED) is 0.724. The van der Waals surface area contributed by atoms with E-state index in [0.717, 1.165) is 0 Å². The molecule has 0 aromatic heterocycles. The number of benzene rings is 1. The Hall–Kier alpha value is -0.890. The van der Waals surface area contributed by atoms with Crippen LogP contribution in [0.2, 0.25) is 0 Å². The molecule has 1 aromatic carbocycles. The lowest BCUT2D eigenvalue weighted by Gasteiger charge is -1.97. The second kappa shape index (κ2) is 3.32. The molecule has 0 atom stereocenters. The third kappa shape index (κ3) is 1.54. The van der Waals surface area contributed by atoms with Crippen molar-refractivity contribution in [2.24, 2.45) is 5.73 Å². The number of halogens is 1. The maximum atomic E-state index is 12.7. The molecule has 0 bridgehead atoms. The van der Waals surface area contributed by atoms with E-state index < -0.39 is 0 Å². The van der Waals surface area contributed by atoms with Crippen LogP contribution in [-0.4, -0.2) is 6.54 Å². The molecular formula is C8H26FN. The van der Waals surface area contributed by atoms with E-state index in [-0.39, 0.29) is 7.24 Å². The van der Waals surface area contributed by atoms with Gasteiger partial charge in [-0.3, -0.25) is 0 Å². The summed E-state index contributed by atoms with van der Waals surface area (Å²) >= 11 is 0. The predicted octanol–water partition coefficient (Wildman–Crippen LogP) is 3.29. The first-order chi connectivity index (χ1) is 11.8. The van der Waals surface area contributed by atoms with Crippen LogP contribution in [-0.2, 0) is 6.42 Å². The zero-order valence-corrected chi connectivity index (χ0v) is 5.68. The van der Waals surface area contributed by atoms with Gasteiger partial charge in [0.05, 0.1) is 0 Å². The van der Waals surface area contributed by atoms with Crippen molar-refractivity contribution < 1.29 is 26.6 Å². The Morgan fingerprint density at radius 1 is 1.50 bits per heavy atom. The van der Waals surface area contributed by atoms with E-state index in [1.807, 2.05) is 6.07 Å². The van der Waals surface area contributed by atoms with Crippen LogP contribution in [0.3, 0.4) is 0 Å². The Kier molecular flexibility index (Phi) is 0.767. The summed E-state index contributed by atoms with van der Waals surface area (Å²) in [6.45, 7) is 0.501. The molecule has 2 N–H and O–H groups in total. The normalized spacial score (nSPS) is 15.4. The van der Waals surface area contributed by atoms with Gasteiger partial charge in [0, 0.05) is 22.2 Å². The molecule has 1 rings (SSSR count). The maximum Gasteiger partial charge on any atom is 0.126 e. The summed E-state index contributed by atoms with van der Waals surface area (Å²) in [7, 11) is 0. The highest BCUT2D eigenvalue weighted by molar-refractivity contribution is 5.17. The van der Waals surface area contributed by atoms with Gasteiger partial charge in [-0.15, -0.1) is 0 Å². The highest BCUT2D eigenvalue weighted by atomic mass is 19.1. The molecule has 0 fully saturated rings. The van der Waals surface area contributed by atoms with Crippen LogP contribution in [0.15, 0.2) is 24.3 Å². The summed E-state index contributed by atoms with van der Waals surface area (Å²) in [5, 5.41) is 0. The van der Waals surface area contributed by atoms with Gasteiger partial charge in [0.1, 0.15) is 5.82 Å². The maximum absolute atomic E-state index is 12.7. The topological polar surface area (TPSA) is 26.0 Å². The zero-order valence-electron chi connectivity index (χ0n) is 19.7. The number of rotatable bonds is 2. The first-order valence-electron chi connectivity index (χ1n) is 10.3. The van der Waals surface area contributed by atoms with Crippen molar-refractivity contribution in [1.29, 1.82) is 0 Å². The van der Waals surface area contributed by atoms with Gasteiger partial charge in [-0.2, -0.15) is 0 Å². The second-order valence-corrected chi connectivity index (χ2v) is 2.13. The molecule has 0 radical (unpaired) electrons. The molecule has 10 heavy (non-hydrogen) atoms. The van der Waals surface area contributed by atoms with Gasteiger partial charge in [0.2, 0.25) is 0 Å². The molecule has 0 unspecified atom stereocenters. The third-order valence-corrected chi connectivity index (χ3v) is 1.37. The molecule has 0 heterocycles. The van der Waals surface area contributed by atoms with Crippen LogP contribution >= 0.6 is 0 Å². The van der Waals surface area contributed by atoms with E-state index in [9.17, 15) is 4.39 Å². The minimum absolute atomic E-state index is 0. The molecule has 1 nitrogen and oxygen atoms in total. The lowest BCUT2D eigenvalue weighted by atomic mass is 10.1. The van der Waals surface area contributed by atoms with Crippen LogP contribution in [0.4, 0.5) is 4.39 Å². The second-order valence-electron chi connectivity index (χ2n) is 2.13. The van der Waals surface area contributed by atoms with Crippen molar-refractivity contribution in [2.45, 2.75) is 6.42 Å². The molecule has 0 saturated carbocycles. The Bertz CT molecular complexity index is 234. The van der Waals surface area contributed by atoms with Crippen LogP contribution in [0, 0.1) is 5.82 Å². The number of hydrogen-bond acceptors (Lipinski definition) is 1. The van der Waals surface area contributed by atoms with Gasteiger partial charge in [-0.05, 0) is 24.6 Å². The van der Waals surface area contributed by atoms with Gasteiger partial charge in [0.15, 0.2) is 0 Å². The average molecular weight is 170 g/mol. The molecule has 0 aliphatic heterocycles. The van der Waals surface area contributed by atoms with Gasteiger partial charge in [-0.1, -0.05) is 18.2 Å². The largest absolute Gasteiger partial charge is 0.330 e. The molecule has 0 spiro atoms. The SMILES string of the molecule is NCCc1ccccc1F.[2HH].[2H][2H].[2H][2H].[2H][2H].[2H][2H].[2H][2H].[2H][2H].[2H][2H]. The summed E-state index contributed by atoms with van der Waals surface area (Å²) < 4.78 is 82.7. The van der Waals surface area contributed by atoms with Crippen molar-refractivity contribution in [3.8, 4) is 0 Å². The fourth-order valence-corrected chi connectivity index (χ4v) is 0.857. The molecule has 1 aromatic rings. The van der Waals surface area contributed by atoms with Gasteiger partial charge < -0.3 is 5.73 Å². The summed E-state index contributed by atoms with van der Waals surface area (Å²) in [6.07, 6.45) is 0.618. The number of hydrogen-bond donors (Lipinski definition) is 1. The molecule has 70 valence electrons. The summed E-state index contributed by atoms with van der Waals surface area (Å²) in [5.74, 6) is -0.159. The van der Waals surface area contributed by atoms with Gasteiger partial charge >= 0.3 is 0 Å². The van der Waals surface area contributed by atoms with Crippen molar-refractivity contribution in [3.63, 3.8) is 0 Å². The fraction of sp³-hybridized carbons (Fsp3) is 0.250. The van der Waals surface area contributed by atoms with Crippen LogP contribution in [0.5, 0.6) is 0 Å². The van der Waals surface area contributed by atoms with E-state index in [4.69, 9.17) is 26.5 Å². The molecule has 0 saturated heterocycles. The van der Waals surface area contributed by atoms with Crippen molar-refractivity contribution in [2.75, 3.05) is 6.54 Å². The molecule has 0 aliphatic rings. The molecule has 0 amide bonds. The highest BCUT2D eigenvalue weighted by Gasteiger charge is 1.96. The van der Waals surface area contributed by atoms with E-state index in [1.54, 1.807) is 12.1 Å². The Labute approximate surface area is 82.8 Å². The average Bonchev–Trinajstić information content (AvgIpc) is 2.74. The van der Waals surface area contributed by atoms with E-state index in [0.29, 0.717) is 18.5 Å². The monoisotopic (exact) mass is 170 g/mol. The molecular weight excluding hydrogens is 129 g/mol. The van der Waals surface area contributed by atoms with E-state index >= 15 is 0 Å². The van der Waals surface area contributed by atoms with E-state index in [2.05, 4.69) is 0 Å². The summed E-state index contributed by atoms with van der Waals surface area (Å²) in [5.41, 5.74) is 5.96. The van der Waals surface area contributed by atoms with Crippen LogP contribution in [0.25, 0.3) is 0 Å². The lowest BCUT2D eigenvalue weighted by Crippen LogP contribution is -2.03. The third-order valence-electron chi connectivity index (χ3n) is 1.37. The zero-order chi connectivity index (χ0) is 21.4. The lowest BCUT2D eigenvalue weighted by molar-refractivity contribution is 0.609. The van der Waals surface area contributed by atoms with Crippen LogP contribution in [0.1, 0.15) is 27.8 Å². The summed E-state index contributed by atoms with van der Waals surface area (Å²) in [6, 6.07) is 6.69. The standard InChI is InChI=1S/C8H10FN.8H2/c9-8-4-2-1-3-7(8)5-6-10;;;;;;;;/h1-4H,5-6,10H2;8*1H/i;7*1+1D;1+1. The fourth-order valence-electron chi connectivity index (χ4n) is 0.857. The molecule has 0 aliphatic carbocycles.